The third-order valence-electron chi connectivity index (χ3n) is 3.36. The second kappa shape index (κ2) is 7.69. The van der Waals surface area contributed by atoms with Crippen LogP contribution in [-0.4, -0.2) is 13.2 Å². The van der Waals surface area contributed by atoms with E-state index in [1.54, 1.807) is 7.11 Å². The summed E-state index contributed by atoms with van der Waals surface area (Å²) >= 11 is 11.9. The van der Waals surface area contributed by atoms with Crippen LogP contribution in [0.3, 0.4) is 0 Å². The van der Waals surface area contributed by atoms with Gasteiger partial charge in [0.1, 0.15) is 5.75 Å². The topological polar surface area (TPSA) is 21.3 Å². The summed E-state index contributed by atoms with van der Waals surface area (Å²) < 4.78 is 5.38. The van der Waals surface area contributed by atoms with Crippen LogP contribution >= 0.6 is 23.2 Å². The molecule has 1 unspecified atom stereocenters. The lowest BCUT2D eigenvalue weighted by molar-refractivity contribution is 0.406. The first-order valence-corrected chi connectivity index (χ1v) is 7.65. The van der Waals surface area contributed by atoms with Crippen LogP contribution in [-0.2, 0) is 13.0 Å². The predicted molar refractivity (Wildman–Crippen MR) is 89.5 cm³/mol. The standard InChI is InChI=1S/C17H19Cl2NO/c1-12(9-14-5-3-4-6-17(14)21-2)20-11-13-7-8-15(18)16(19)10-13/h3-8,10,12,20H,9,11H2,1-2H3. The molecule has 112 valence electrons. The summed E-state index contributed by atoms with van der Waals surface area (Å²) in [5, 5.41) is 4.66. The first-order chi connectivity index (χ1) is 10.1. The van der Waals surface area contributed by atoms with E-state index < -0.39 is 0 Å². The van der Waals surface area contributed by atoms with Gasteiger partial charge in [-0.05, 0) is 42.7 Å². The molecule has 0 saturated heterocycles. The Morgan fingerprint density at radius 3 is 2.57 bits per heavy atom. The molecule has 0 aromatic heterocycles. The highest BCUT2D eigenvalue weighted by molar-refractivity contribution is 6.42. The number of halogens is 2. The first-order valence-electron chi connectivity index (χ1n) is 6.89. The zero-order valence-electron chi connectivity index (χ0n) is 12.2. The molecule has 1 N–H and O–H groups in total. The van der Waals surface area contributed by atoms with E-state index in [-0.39, 0.29) is 0 Å². The van der Waals surface area contributed by atoms with Gasteiger partial charge >= 0.3 is 0 Å². The number of nitrogens with one attached hydrogen (secondary N) is 1. The molecule has 1 atom stereocenters. The lowest BCUT2D eigenvalue weighted by Gasteiger charge is -2.16. The van der Waals surface area contributed by atoms with Crippen molar-refractivity contribution in [3.05, 3.63) is 63.6 Å². The molecule has 2 rings (SSSR count). The summed E-state index contributed by atoms with van der Waals surface area (Å²) in [6, 6.07) is 14.1. The van der Waals surface area contributed by atoms with Gasteiger partial charge in [-0.1, -0.05) is 47.5 Å². The normalized spacial score (nSPS) is 12.2. The van der Waals surface area contributed by atoms with Gasteiger partial charge in [-0.2, -0.15) is 0 Å². The highest BCUT2D eigenvalue weighted by atomic mass is 35.5. The van der Waals surface area contributed by atoms with Crippen LogP contribution < -0.4 is 10.1 Å². The molecular formula is C17H19Cl2NO. The number of hydrogen-bond donors (Lipinski definition) is 1. The molecule has 2 nitrogen and oxygen atoms in total. The third kappa shape index (κ3) is 4.63. The van der Waals surface area contributed by atoms with Gasteiger partial charge in [-0.15, -0.1) is 0 Å². The SMILES string of the molecule is COc1ccccc1CC(C)NCc1ccc(Cl)c(Cl)c1. The van der Waals surface area contributed by atoms with E-state index in [0.717, 1.165) is 24.3 Å². The van der Waals surface area contributed by atoms with Gasteiger partial charge in [0.15, 0.2) is 0 Å². The molecule has 0 radical (unpaired) electrons. The molecule has 0 aliphatic carbocycles. The summed E-state index contributed by atoms with van der Waals surface area (Å²) in [7, 11) is 1.70. The van der Waals surface area contributed by atoms with Crippen LogP contribution in [0.5, 0.6) is 5.75 Å². The lowest BCUT2D eigenvalue weighted by atomic mass is 10.1. The van der Waals surface area contributed by atoms with Crippen LogP contribution in [0.2, 0.25) is 10.0 Å². The number of methoxy groups -OCH3 is 1. The minimum atomic E-state index is 0.329. The largest absolute Gasteiger partial charge is 0.496 e. The molecule has 0 heterocycles. The van der Waals surface area contributed by atoms with E-state index in [1.807, 2.05) is 36.4 Å². The maximum atomic E-state index is 6.02. The minimum Gasteiger partial charge on any atom is -0.496 e. The van der Waals surface area contributed by atoms with Crippen LogP contribution in [0.4, 0.5) is 0 Å². The molecule has 0 saturated carbocycles. The van der Waals surface area contributed by atoms with Crippen molar-refractivity contribution in [2.24, 2.45) is 0 Å². The molecule has 0 fully saturated rings. The summed E-state index contributed by atoms with van der Waals surface area (Å²) in [4.78, 5) is 0. The quantitative estimate of drug-likeness (QED) is 0.830. The van der Waals surface area contributed by atoms with Crippen molar-refractivity contribution in [1.82, 2.24) is 5.32 Å². The minimum absolute atomic E-state index is 0.329. The van der Waals surface area contributed by atoms with Crippen molar-refractivity contribution in [3.63, 3.8) is 0 Å². The molecule has 21 heavy (non-hydrogen) atoms. The van der Waals surface area contributed by atoms with Crippen molar-refractivity contribution < 1.29 is 4.74 Å². The number of para-hydroxylation sites is 1. The fourth-order valence-corrected chi connectivity index (χ4v) is 2.54. The van der Waals surface area contributed by atoms with E-state index in [2.05, 4.69) is 18.3 Å². The predicted octanol–water partition coefficient (Wildman–Crippen LogP) is 4.72. The smallest absolute Gasteiger partial charge is 0.122 e. The zero-order chi connectivity index (χ0) is 15.2. The van der Waals surface area contributed by atoms with E-state index in [9.17, 15) is 0 Å². The highest BCUT2D eigenvalue weighted by Crippen LogP contribution is 2.23. The number of hydrogen-bond acceptors (Lipinski definition) is 2. The fraction of sp³-hybridized carbons (Fsp3) is 0.294. The monoisotopic (exact) mass is 323 g/mol. The fourth-order valence-electron chi connectivity index (χ4n) is 2.22. The number of rotatable bonds is 6. The van der Waals surface area contributed by atoms with Crippen LogP contribution in [0.15, 0.2) is 42.5 Å². The van der Waals surface area contributed by atoms with E-state index >= 15 is 0 Å². The van der Waals surface area contributed by atoms with E-state index in [1.165, 1.54) is 5.56 Å². The summed E-state index contributed by atoms with van der Waals surface area (Å²) in [6.07, 6.45) is 0.908. The average Bonchev–Trinajstić information content (AvgIpc) is 2.49. The molecule has 2 aromatic carbocycles. The van der Waals surface area contributed by atoms with Crippen molar-refractivity contribution in [1.29, 1.82) is 0 Å². The Hall–Kier alpha value is -1.22. The van der Waals surface area contributed by atoms with Gasteiger partial charge in [0.25, 0.3) is 0 Å². The molecule has 4 heteroatoms. The first kappa shape index (κ1) is 16.2. The summed E-state index contributed by atoms with van der Waals surface area (Å²) in [6.45, 7) is 2.91. The van der Waals surface area contributed by atoms with Gasteiger partial charge in [0.2, 0.25) is 0 Å². The Labute approximate surface area is 136 Å². The average molecular weight is 324 g/mol. The Balaban J connectivity index is 1.92. The van der Waals surface area contributed by atoms with Crippen molar-refractivity contribution in [3.8, 4) is 5.75 Å². The highest BCUT2D eigenvalue weighted by Gasteiger charge is 2.08. The Morgan fingerprint density at radius 2 is 1.86 bits per heavy atom. The van der Waals surface area contributed by atoms with Crippen LogP contribution in [0, 0.1) is 0 Å². The van der Waals surface area contributed by atoms with Gasteiger partial charge < -0.3 is 10.1 Å². The maximum absolute atomic E-state index is 6.02. The molecule has 0 bridgehead atoms. The summed E-state index contributed by atoms with van der Waals surface area (Å²) in [5.74, 6) is 0.931. The van der Waals surface area contributed by atoms with Crippen molar-refractivity contribution >= 4 is 23.2 Å². The Kier molecular flexibility index (Phi) is 5.92. The molecule has 0 aliphatic heterocycles. The van der Waals surface area contributed by atoms with Gasteiger partial charge in [0, 0.05) is 12.6 Å². The lowest BCUT2D eigenvalue weighted by Crippen LogP contribution is -2.27. The van der Waals surface area contributed by atoms with Gasteiger partial charge in [-0.3, -0.25) is 0 Å². The Morgan fingerprint density at radius 1 is 1.10 bits per heavy atom. The van der Waals surface area contributed by atoms with Gasteiger partial charge in [-0.25, -0.2) is 0 Å². The second-order valence-electron chi connectivity index (χ2n) is 5.05. The van der Waals surface area contributed by atoms with Crippen LogP contribution in [0.1, 0.15) is 18.1 Å². The zero-order valence-corrected chi connectivity index (χ0v) is 13.7. The van der Waals surface area contributed by atoms with Crippen molar-refractivity contribution in [2.75, 3.05) is 7.11 Å². The Bertz CT molecular complexity index is 601. The second-order valence-corrected chi connectivity index (χ2v) is 5.86. The molecule has 2 aromatic rings. The van der Waals surface area contributed by atoms with E-state index in [0.29, 0.717) is 16.1 Å². The molecule has 0 spiro atoms. The summed E-state index contributed by atoms with van der Waals surface area (Å²) in [5.41, 5.74) is 2.32. The van der Waals surface area contributed by atoms with E-state index in [4.69, 9.17) is 27.9 Å². The third-order valence-corrected chi connectivity index (χ3v) is 4.10. The van der Waals surface area contributed by atoms with Crippen LogP contribution in [0.25, 0.3) is 0 Å². The molecule has 0 aliphatic rings. The van der Waals surface area contributed by atoms with Gasteiger partial charge in [0.05, 0.1) is 17.2 Å². The maximum Gasteiger partial charge on any atom is 0.122 e. The van der Waals surface area contributed by atoms with Crippen molar-refractivity contribution in [2.45, 2.75) is 25.9 Å². The number of ether oxygens (including phenoxy) is 1. The molecule has 0 amide bonds. The number of benzene rings is 2. The molecular weight excluding hydrogens is 305 g/mol.